The van der Waals surface area contributed by atoms with Gasteiger partial charge in [-0.05, 0) is 83.1 Å². The van der Waals surface area contributed by atoms with Crippen molar-refractivity contribution < 1.29 is 52.6 Å². The molecule has 3 N–H and O–H groups in total. The lowest BCUT2D eigenvalue weighted by atomic mass is 10.2. The van der Waals surface area contributed by atoms with Gasteiger partial charge in [-0.15, -0.1) is 0 Å². The predicted octanol–water partition coefficient (Wildman–Crippen LogP) is 2.11. The van der Waals surface area contributed by atoms with Crippen LogP contribution in [0, 0.1) is 0 Å². The fourth-order valence-electron chi connectivity index (χ4n) is 3.95. The van der Waals surface area contributed by atoms with Crippen LogP contribution in [0.3, 0.4) is 0 Å². The zero-order valence-electron chi connectivity index (χ0n) is 26.9. The van der Waals surface area contributed by atoms with Crippen molar-refractivity contribution in [2.45, 2.75) is 77.7 Å². The van der Waals surface area contributed by atoms with E-state index in [0.717, 1.165) is 11.4 Å². The van der Waals surface area contributed by atoms with E-state index in [1.54, 1.807) is 46.4 Å². The average molecular weight is 743 g/mol. The van der Waals surface area contributed by atoms with Crippen molar-refractivity contribution >= 4 is 46.3 Å². The molecule has 44 heavy (non-hydrogen) atoms. The summed E-state index contributed by atoms with van der Waals surface area (Å²) in [5, 5.41) is 8.14. The van der Waals surface area contributed by atoms with Gasteiger partial charge in [-0.25, -0.2) is 9.59 Å². The Morgan fingerprint density at radius 3 is 1.93 bits per heavy atom. The highest BCUT2D eigenvalue weighted by Gasteiger charge is 2.34. The van der Waals surface area contributed by atoms with Gasteiger partial charge < -0.3 is 54.3 Å². The molecule has 1 aliphatic heterocycles. The Labute approximate surface area is 281 Å². The first-order chi connectivity index (χ1) is 20.0. The zero-order valence-corrected chi connectivity index (χ0v) is 29.9. The van der Waals surface area contributed by atoms with E-state index in [1.807, 2.05) is 60.7 Å². The number of nitrogens with zero attached hydrogens (tertiary/aromatic N) is 1. The third-order valence-corrected chi connectivity index (χ3v) is 6.88. The molecule has 4 amide bonds. The standard InChI is InChI=1S/C17H26N2O3S.C15H20N2O3.HI/c1-17(2,3)22-16(21)19-14(11-12-23(4)5)15(20)18-13-9-7-6-8-10-13;1-15(2,3)20-14(19)16-12-9-10-17(13(12)18)11-7-5-4-6-8-11;/h6-10,14H,11-12H2,1-5H3,(H-,18,19,20,21);4-8,12H,9-10H2,1-3H3,(H,16,19);1H/t14-;12-;/m11./s1. The number of carbonyl (C=O) groups excluding carboxylic acids is 4. The number of para-hydroxylation sites is 2. The number of nitrogens with one attached hydrogen (secondary N) is 3. The molecule has 3 rings (SSSR count). The number of benzene rings is 2. The molecule has 0 radical (unpaired) electrons. The van der Waals surface area contributed by atoms with Crippen LogP contribution in [0.5, 0.6) is 0 Å². The molecular weight excluding hydrogens is 695 g/mol. The minimum Gasteiger partial charge on any atom is -1.00 e. The van der Waals surface area contributed by atoms with Gasteiger partial charge in [0.05, 0.1) is 12.5 Å². The maximum Gasteiger partial charge on any atom is 0.408 e. The molecule has 12 heteroatoms. The summed E-state index contributed by atoms with van der Waals surface area (Å²) in [6.07, 6.45) is 4.27. The van der Waals surface area contributed by atoms with E-state index in [0.29, 0.717) is 25.1 Å². The van der Waals surface area contributed by atoms with Crippen LogP contribution in [0.25, 0.3) is 0 Å². The number of halogens is 1. The molecule has 10 nitrogen and oxygen atoms in total. The number of carbonyl (C=O) groups is 4. The van der Waals surface area contributed by atoms with E-state index in [-0.39, 0.29) is 46.7 Å². The van der Waals surface area contributed by atoms with Crippen molar-refractivity contribution in [3.63, 3.8) is 0 Å². The van der Waals surface area contributed by atoms with E-state index >= 15 is 0 Å². The third kappa shape index (κ3) is 15.1. The zero-order chi connectivity index (χ0) is 32.2. The minimum atomic E-state index is -0.611. The quantitative estimate of drug-likeness (QED) is 0.281. The van der Waals surface area contributed by atoms with Crippen LogP contribution in [0.2, 0.25) is 0 Å². The van der Waals surface area contributed by atoms with Crippen molar-refractivity contribution in [2.75, 3.05) is 35.0 Å². The van der Waals surface area contributed by atoms with Gasteiger partial charge in [0.2, 0.25) is 11.8 Å². The maximum atomic E-state index is 12.4. The maximum absolute atomic E-state index is 12.4. The second kappa shape index (κ2) is 18.1. The lowest BCUT2D eigenvalue weighted by Crippen LogP contribution is -3.00. The van der Waals surface area contributed by atoms with Gasteiger partial charge in [0.1, 0.15) is 29.0 Å². The van der Waals surface area contributed by atoms with Gasteiger partial charge in [-0.2, -0.15) is 0 Å². The van der Waals surface area contributed by atoms with Crippen molar-refractivity contribution in [2.24, 2.45) is 0 Å². The summed E-state index contributed by atoms with van der Waals surface area (Å²) in [4.78, 5) is 50.1. The first-order valence-corrected chi connectivity index (χ1v) is 16.5. The third-order valence-electron chi connectivity index (χ3n) is 5.83. The summed E-state index contributed by atoms with van der Waals surface area (Å²) in [6, 6.07) is 17.5. The highest BCUT2D eigenvalue weighted by molar-refractivity contribution is 7.95. The normalized spacial score (nSPS) is 15.2. The minimum absolute atomic E-state index is 0. The molecule has 1 fully saturated rings. The topological polar surface area (TPSA) is 126 Å². The Hall–Kier alpha value is -3.00. The van der Waals surface area contributed by atoms with Crippen LogP contribution >= 0.6 is 0 Å². The summed E-state index contributed by atoms with van der Waals surface area (Å²) in [5.41, 5.74) is 0.404. The molecule has 2 aromatic carbocycles. The fraction of sp³-hybridized carbons (Fsp3) is 0.500. The monoisotopic (exact) mass is 742 g/mol. The van der Waals surface area contributed by atoms with Gasteiger partial charge in [0, 0.05) is 24.3 Å². The van der Waals surface area contributed by atoms with Crippen molar-refractivity contribution in [3.8, 4) is 0 Å². The van der Waals surface area contributed by atoms with Crippen molar-refractivity contribution in [1.29, 1.82) is 0 Å². The Bertz CT molecular complexity index is 1200. The summed E-state index contributed by atoms with van der Waals surface area (Å²) >= 11 is 0. The van der Waals surface area contributed by atoms with E-state index < -0.39 is 35.5 Å². The molecule has 0 bridgehead atoms. The van der Waals surface area contributed by atoms with Crippen molar-refractivity contribution in [1.82, 2.24) is 10.6 Å². The van der Waals surface area contributed by atoms with Crippen LogP contribution < -0.4 is 44.8 Å². The molecule has 2 aromatic rings. The number of rotatable bonds is 8. The largest absolute Gasteiger partial charge is 1.00 e. The molecule has 244 valence electrons. The second-order valence-corrected chi connectivity index (χ2v) is 14.7. The first-order valence-electron chi connectivity index (χ1n) is 14.3. The van der Waals surface area contributed by atoms with E-state index in [2.05, 4.69) is 28.5 Å². The van der Waals surface area contributed by atoms with Gasteiger partial charge >= 0.3 is 12.2 Å². The first kappa shape index (κ1) is 39.0. The van der Waals surface area contributed by atoms with E-state index in [1.165, 1.54) is 0 Å². The summed E-state index contributed by atoms with van der Waals surface area (Å²) < 4.78 is 10.4. The van der Waals surface area contributed by atoms with Crippen LogP contribution in [0.15, 0.2) is 60.7 Å². The van der Waals surface area contributed by atoms with Crippen LogP contribution in [0.1, 0.15) is 54.4 Å². The van der Waals surface area contributed by atoms with Gasteiger partial charge in [0.15, 0.2) is 0 Å². The molecule has 0 unspecified atom stereocenters. The van der Waals surface area contributed by atoms with Crippen LogP contribution in [-0.4, -0.2) is 72.1 Å². The predicted molar refractivity (Wildman–Crippen MR) is 173 cm³/mol. The Kier molecular flexibility index (Phi) is 16.0. The summed E-state index contributed by atoms with van der Waals surface area (Å²) in [6.45, 7) is 11.4. The van der Waals surface area contributed by atoms with Crippen LogP contribution in [0.4, 0.5) is 21.0 Å². The van der Waals surface area contributed by atoms with Gasteiger partial charge in [-0.3, -0.25) is 9.59 Å². The van der Waals surface area contributed by atoms with Gasteiger partial charge in [-0.1, -0.05) is 36.4 Å². The smallest absolute Gasteiger partial charge is 0.408 e. The lowest BCUT2D eigenvalue weighted by molar-refractivity contribution is -0.119. The molecule has 2 atom stereocenters. The number of amides is 4. The number of ether oxygens (including phenoxy) is 2. The van der Waals surface area contributed by atoms with Crippen molar-refractivity contribution in [3.05, 3.63) is 60.7 Å². The molecule has 0 aromatic heterocycles. The highest BCUT2D eigenvalue weighted by atomic mass is 127. The van der Waals surface area contributed by atoms with Crippen LogP contribution in [-0.2, 0) is 30.0 Å². The second-order valence-electron chi connectivity index (χ2n) is 12.3. The number of hydrogen-bond acceptors (Lipinski definition) is 6. The molecule has 1 aliphatic rings. The highest BCUT2D eigenvalue weighted by Crippen LogP contribution is 2.21. The van der Waals surface area contributed by atoms with Gasteiger partial charge in [0.25, 0.3) is 0 Å². The fourth-order valence-corrected chi connectivity index (χ4v) is 4.66. The molecule has 0 spiro atoms. The SMILES string of the molecule is CC(C)(C)OC(=O)N[C@@H]1CCN(c2ccccc2)C1=O.C[S+](C)CC[C@@H](NC(=O)OC(C)(C)C)C(=O)Nc1ccccc1.[I-]. The Morgan fingerprint density at radius 1 is 0.886 bits per heavy atom. The summed E-state index contributed by atoms with van der Waals surface area (Å²) in [5.74, 6) is 0.539. The molecule has 1 heterocycles. The summed E-state index contributed by atoms with van der Waals surface area (Å²) in [7, 11) is 0.195. The average Bonchev–Trinajstić information content (AvgIpc) is 3.25. The molecule has 1 saturated heterocycles. The molecule has 0 saturated carbocycles. The lowest BCUT2D eigenvalue weighted by Gasteiger charge is -2.23. The number of hydrogen-bond donors (Lipinski definition) is 3. The van der Waals surface area contributed by atoms with E-state index in [4.69, 9.17) is 9.47 Å². The molecule has 0 aliphatic carbocycles. The Morgan fingerprint density at radius 2 is 1.41 bits per heavy atom. The van der Waals surface area contributed by atoms with E-state index in [9.17, 15) is 19.2 Å². The molecular formula is C32H47IN4O6S. The Balaban J connectivity index is 0.000000433. The number of alkyl carbamates (subject to hydrolysis) is 2. The number of anilines is 2.